The van der Waals surface area contributed by atoms with Gasteiger partial charge in [-0.15, -0.1) is 0 Å². The molecule has 1 aromatic heterocycles. The van der Waals surface area contributed by atoms with E-state index in [2.05, 4.69) is 10.4 Å². The lowest BCUT2D eigenvalue weighted by atomic mass is 10.2. The van der Waals surface area contributed by atoms with E-state index in [1.165, 1.54) is 12.8 Å². The Morgan fingerprint density at radius 1 is 1.46 bits per heavy atom. The smallest absolute Gasteiger partial charge is 0.168 e. The van der Waals surface area contributed by atoms with Gasteiger partial charge in [0.2, 0.25) is 0 Å². The standard InChI is InChI=1S/C9H11N3O/c13-5-9-7-3-10-4-8(7)11-12(9)6-1-2-6/h5-6,10H,1-4H2. The van der Waals surface area contributed by atoms with E-state index in [1.54, 1.807) is 0 Å². The van der Waals surface area contributed by atoms with E-state index in [-0.39, 0.29) is 0 Å². The molecular weight excluding hydrogens is 166 g/mol. The molecule has 0 saturated heterocycles. The van der Waals surface area contributed by atoms with Crippen LogP contribution in [-0.2, 0) is 13.1 Å². The predicted molar refractivity (Wildman–Crippen MR) is 46.4 cm³/mol. The van der Waals surface area contributed by atoms with Crippen molar-refractivity contribution < 1.29 is 4.79 Å². The van der Waals surface area contributed by atoms with Crippen molar-refractivity contribution in [3.05, 3.63) is 17.0 Å². The molecule has 1 saturated carbocycles. The van der Waals surface area contributed by atoms with E-state index in [9.17, 15) is 4.79 Å². The number of aromatic nitrogens is 2. The zero-order valence-corrected chi connectivity index (χ0v) is 7.29. The van der Waals surface area contributed by atoms with Crippen LogP contribution in [0.25, 0.3) is 0 Å². The molecule has 0 amide bonds. The fourth-order valence-electron chi connectivity index (χ4n) is 1.89. The Morgan fingerprint density at radius 3 is 3.00 bits per heavy atom. The van der Waals surface area contributed by atoms with Gasteiger partial charge in [0.1, 0.15) is 5.69 Å². The molecule has 0 unspecified atom stereocenters. The van der Waals surface area contributed by atoms with Gasteiger partial charge < -0.3 is 5.32 Å². The lowest BCUT2D eigenvalue weighted by Crippen LogP contribution is -2.09. The third kappa shape index (κ3) is 0.951. The molecular formula is C9H11N3O. The molecule has 1 fully saturated rings. The number of nitrogens with zero attached hydrogens (tertiary/aromatic N) is 2. The first-order chi connectivity index (χ1) is 6.40. The van der Waals surface area contributed by atoms with Crippen LogP contribution < -0.4 is 5.32 Å². The normalized spacial score (nSPS) is 20.3. The van der Waals surface area contributed by atoms with Crippen LogP contribution >= 0.6 is 0 Å². The highest BCUT2D eigenvalue weighted by molar-refractivity contribution is 5.75. The van der Waals surface area contributed by atoms with E-state index in [4.69, 9.17) is 0 Å². The molecule has 13 heavy (non-hydrogen) atoms. The van der Waals surface area contributed by atoms with Gasteiger partial charge >= 0.3 is 0 Å². The topological polar surface area (TPSA) is 46.9 Å². The molecule has 68 valence electrons. The molecule has 0 aromatic carbocycles. The monoisotopic (exact) mass is 177 g/mol. The molecule has 0 spiro atoms. The van der Waals surface area contributed by atoms with Gasteiger partial charge in [0, 0.05) is 18.7 Å². The second-order valence-electron chi connectivity index (χ2n) is 3.71. The summed E-state index contributed by atoms with van der Waals surface area (Å²) in [6.45, 7) is 1.62. The molecule has 4 nitrogen and oxygen atoms in total. The maximum atomic E-state index is 10.9. The van der Waals surface area contributed by atoms with Gasteiger partial charge in [-0.2, -0.15) is 5.10 Å². The molecule has 0 atom stereocenters. The molecule has 1 aliphatic heterocycles. The van der Waals surface area contributed by atoms with Crippen molar-refractivity contribution in [3.63, 3.8) is 0 Å². The van der Waals surface area contributed by atoms with Gasteiger partial charge in [0.25, 0.3) is 0 Å². The third-order valence-corrected chi connectivity index (χ3v) is 2.73. The summed E-state index contributed by atoms with van der Waals surface area (Å²) in [6.07, 6.45) is 3.29. The summed E-state index contributed by atoms with van der Waals surface area (Å²) in [7, 11) is 0. The fraction of sp³-hybridized carbons (Fsp3) is 0.556. The van der Waals surface area contributed by atoms with Crippen molar-refractivity contribution in [3.8, 4) is 0 Å². The molecule has 0 bridgehead atoms. The lowest BCUT2D eigenvalue weighted by Gasteiger charge is -2.01. The molecule has 1 N–H and O–H groups in total. The summed E-state index contributed by atoms with van der Waals surface area (Å²) in [6, 6.07) is 0.505. The van der Waals surface area contributed by atoms with Gasteiger partial charge in [0.05, 0.1) is 11.7 Å². The van der Waals surface area contributed by atoms with E-state index in [1.807, 2.05) is 4.68 Å². The average Bonchev–Trinajstić information content (AvgIpc) is 2.76. The number of rotatable bonds is 2. The number of carbonyl (C=O) groups is 1. The summed E-state index contributed by atoms with van der Waals surface area (Å²) in [5.74, 6) is 0. The summed E-state index contributed by atoms with van der Waals surface area (Å²) in [5, 5.41) is 7.64. The first-order valence-electron chi connectivity index (χ1n) is 4.66. The quantitative estimate of drug-likeness (QED) is 0.674. The highest BCUT2D eigenvalue weighted by Gasteiger charge is 2.30. The molecule has 2 aliphatic rings. The van der Waals surface area contributed by atoms with Gasteiger partial charge in [-0.1, -0.05) is 0 Å². The summed E-state index contributed by atoms with van der Waals surface area (Å²) in [5.41, 5.74) is 2.97. The van der Waals surface area contributed by atoms with Gasteiger partial charge in [-0.3, -0.25) is 9.48 Å². The highest BCUT2D eigenvalue weighted by Crippen LogP contribution is 2.36. The Bertz CT molecular complexity index is 365. The highest BCUT2D eigenvalue weighted by atomic mass is 16.1. The van der Waals surface area contributed by atoms with Crippen LogP contribution in [0.5, 0.6) is 0 Å². The van der Waals surface area contributed by atoms with Crippen LogP contribution in [0.2, 0.25) is 0 Å². The SMILES string of the molecule is O=Cc1c2c(nn1C1CC1)CNC2. The first-order valence-corrected chi connectivity index (χ1v) is 4.66. The minimum Gasteiger partial charge on any atom is -0.307 e. The van der Waals surface area contributed by atoms with Crippen LogP contribution in [-0.4, -0.2) is 16.1 Å². The van der Waals surface area contributed by atoms with Crippen LogP contribution in [0, 0.1) is 0 Å². The molecule has 1 aromatic rings. The van der Waals surface area contributed by atoms with Crippen LogP contribution in [0.15, 0.2) is 0 Å². The van der Waals surface area contributed by atoms with Crippen LogP contribution in [0.1, 0.15) is 40.6 Å². The number of aldehydes is 1. The Kier molecular flexibility index (Phi) is 1.35. The van der Waals surface area contributed by atoms with Crippen molar-refractivity contribution in [2.75, 3.05) is 0 Å². The molecule has 0 radical (unpaired) electrons. The Labute approximate surface area is 75.9 Å². The van der Waals surface area contributed by atoms with Crippen LogP contribution in [0.3, 0.4) is 0 Å². The number of hydrogen-bond donors (Lipinski definition) is 1. The van der Waals surface area contributed by atoms with Crippen molar-refractivity contribution in [1.82, 2.24) is 15.1 Å². The predicted octanol–water partition coefficient (Wildman–Crippen LogP) is 0.634. The average molecular weight is 177 g/mol. The summed E-state index contributed by atoms with van der Waals surface area (Å²) >= 11 is 0. The first kappa shape index (κ1) is 7.26. The van der Waals surface area contributed by atoms with E-state index >= 15 is 0 Å². The van der Waals surface area contributed by atoms with E-state index in [0.717, 1.165) is 36.3 Å². The largest absolute Gasteiger partial charge is 0.307 e. The number of nitrogens with one attached hydrogen (secondary N) is 1. The number of hydrogen-bond acceptors (Lipinski definition) is 3. The van der Waals surface area contributed by atoms with Gasteiger partial charge in [0.15, 0.2) is 6.29 Å². The number of fused-ring (bicyclic) bond motifs is 1. The van der Waals surface area contributed by atoms with Crippen molar-refractivity contribution in [2.45, 2.75) is 32.0 Å². The van der Waals surface area contributed by atoms with Crippen molar-refractivity contribution in [2.24, 2.45) is 0 Å². The fourth-order valence-corrected chi connectivity index (χ4v) is 1.89. The zero-order valence-electron chi connectivity index (χ0n) is 7.29. The maximum Gasteiger partial charge on any atom is 0.168 e. The van der Waals surface area contributed by atoms with Gasteiger partial charge in [-0.25, -0.2) is 0 Å². The van der Waals surface area contributed by atoms with Crippen molar-refractivity contribution in [1.29, 1.82) is 0 Å². The Hall–Kier alpha value is -1.16. The second-order valence-corrected chi connectivity index (χ2v) is 3.71. The molecule has 3 rings (SSSR count). The molecule has 4 heteroatoms. The number of carbonyl (C=O) groups excluding carboxylic acids is 1. The minimum absolute atomic E-state index is 0.505. The minimum atomic E-state index is 0.505. The Morgan fingerprint density at radius 2 is 2.31 bits per heavy atom. The maximum absolute atomic E-state index is 10.9. The summed E-state index contributed by atoms with van der Waals surface area (Å²) in [4.78, 5) is 10.9. The van der Waals surface area contributed by atoms with E-state index < -0.39 is 0 Å². The molecule has 1 aliphatic carbocycles. The second kappa shape index (κ2) is 2.42. The van der Waals surface area contributed by atoms with E-state index in [0.29, 0.717) is 6.04 Å². The summed E-state index contributed by atoms with van der Waals surface area (Å²) < 4.78 is 1.92. The van der Waals surface area contributed by atoms with Gasteiger partial charge in [-0.05, 0) is 12.8 Å². The molecule has 2 heterocycles. The Balaban J connectivity index is 2.14. The lowest BCUT2D eigenvalue weighted by molar-refractivity contribution is 0.111. The van der Waals surface area contributed by atoms with Crippen LogP contribution in [0.4, 0.5) is 0 Å². The third-order valence-electron chi connectivity index (χ3n) is 2.73. The van der Waals surface area contributed by atoms with Crippen molar-refractivity contribution >= 4 is 6.29 Å². The zero-order chi connectivity index (χ0) is 8.84.